The predicted octanol–water partition coefficient (Wildman–Crippen LogP) is 2.10. The maximum absolute atomic E-state index is 4.55. The van der Waals surface area contributed by atoms with E-state index < -0.39 is 0 Å². The zero-order chi connectivity index (χ0) is 13.5. The Hall–Kier alpha value is -1.16. The molecule has 0 spiro atoms. The summed E-state index contributed by atoms with van der Waals surface area (Å²) in [4.78, 5) is 14.1. The Morgan fingerprint density at radius 2 is 1.95 bits per heavy atom. The zero-order valence-corrected chi connectivity index (χ0v) is 12.3. The van der Waals surface area contributed by atoms with Gasteiger partial charge in [0.25, 0.3) is 0 Å². The molecule has 2 saturated carbocycles. The third-order valence-corrected chi connectivity index (χ3v) is 5.55. The molecule has 2 bridgehead atoms. The number of hydrogen-bond donors (Lipinski definition) is 0. The number of piperazine rings is 1. The van der Waals surface area contributed by atoms with Crippen molar-refractivity contribution < 1.29 is 0 Å². The number of fused-ring (bicyclic) bond motifs is 2. The van der Waals surface area contributed by atoms with Crippen LogP contribution in [0.2, 0.25) is 0 Å². The fraction of sp³-hybridized carbons (Fsp3) is 0.750. The summed E-state index contributed by atoms with van der Waals surface area (Å²) in [6.45, 7) is 6.57. The van der Waals surface area contributed by atoms with Crippen molar-refractivity contribution in [2.45, 2.75) is 38.6 Å². The molecule has 20 heavy (non-hydrogen) atoms. The lowest BCUT2D eigenvalue weighted by Crippen LogP contribution is -2.52. The van der Waals surface area contributed by atoms with Crippen LogP contribution in [-0.2, 0) is 0 Å². The fourth-order valence-corrected chi connectivity index (χ4v) is 4.50. The van der Waals surface area contributed by atoms with Gasteiger partial charge in [-0.05, 0) is 44.1 Å². The van der Waals surface area contributed by atoms with E-state index in [2.05, 4.69) is 19.8 Å². The van der Waals surface area contributed by atoms with Gasteiger partial charge >= 0.3 is 0 Å². The number of aryl methyl sites for hydroxylation is 1. The second-order valence-electron chi connectivity index (χ2n) is 6.76. The van der Waals surface area contributed by atoms with Gasteiger partial charge in [-0.25, -0.2) is 9.97 Å². The molecule has 0 amide bonds. The van der Waals surface area contributed by atoms with Gasteiger partial charge in [0.1, 0.15) is 0 Å². The minimum atomic E-state index is 0.884. The lowest BCUT2D eigenvalue weighted by atomic mass is 9.93. The molecule has 2 aliphatic carbocycles. The average Bonchev–Trinajstić information content (AvgIpc) is 3.10. The summed E-state index contributed by atoms with van der Waals surface area (Å²) in [5.74, 6) is 2.96. The van der Waals surface area contributed by atoms with Crippen LogP contribution in [0.5, 0.6) is 0 Å². The monoisotopic (exact) mass is 272 g/mol. The highest BCUT2D eigenvalue weighted by atomic mass is 15.3. The van der Waals surface area contributed by atoms with Crippen molar-refractivity contribution >= 4 is 5.95 Å². The largest absolute Gasteiger partial charge is 0.338 e. The Bertz CT molecular complexity index is 481. The van der Waals surface area contributed by atoms with Gasteiger partial charge in [-0.2, -0.15) is 0 Å². The summed E-state index contributed by atoms with van der Waals surface area (Å²) >= 11 is 0. The second-order valence-corrected chi connectivity index (χ2v) is 6.76. The van der Waals surface area contributed by atoms with Crippen LogP contribution >= 0.6 is 0 Å². The molecule has 4 rings (SSSR count). The predicted molar refractivity (Wildman–Crippen MR) is 79.8 cm³/mol. The standard InChI is InChI=1S/C16H24N4/c1-12-4-5-17-16(18-12)20-8-6-19(7-9-20)15-11-13-2-3-14(15)10-13/h4-5,13-15H,2-3,6-11H2,1H3. The van der Waals surface area contributed by atoms with Crippen molar-refractivity contribution in [3.63, 3.8) is 0 Å². The van der Waals surface area contributed by atoms with E-state index in [1.165, 1.54) is 38.8 Å². The van der Waals surface area contributed by atoms with E-state index in [0.717, 1.165) is 42.6 Å². The minimum absolute atomic E-state index is 0.884. The normalized spacial score (nSPS) is 33.9. The highest BCUT2D eigenvalue weighted by molar-refractivity contribution is 5.31. The zero-order valence-electron chi connectivity index (χ0n) is 12.3. The third-order valence-electron chi connectivity index (χ3n) is 5.55. The van der Waals surface area contributed by atoms with Gasteiger partial charge in [0.15, 0.2) is 0 Å². The first-order valence-electron chi connectivity index (χ1n) is 8.08. The summed E-state index contributed by atoms with van der Waals surface area (Å²) < 4.78 is 0. The van der Waals surface area contributed by atoms with E-state index in [9.17, 15) is 0 Å². The van der Waals surface area contributed by atoms with Gasteiger partial charge in [-0.3, -0.25) is 4.90 Å². The van der Waals surface area contributed by atoms with E-state index in [0.29, 0.717) is 0 Å². The molecule has 108 valence electrons. The Morgan fingerprint density at radius 3 is 2.60 bits per heavy atom. The molecule has 4 nitrogen and oxygen atoms in total. The Morgan fingerprint density at radius 1 is 1.10 bits per heavy atom. The molecule has 3 aliphatic rings. The van der Waals surface area contributed by atoms with Crippen LogP contribution < -0.4 is 4.90 Å². The summed E-state index contributed by atoms with van der Waals surface area (Å²) in [6.07, 6.45) is 7.83. The van der Waals surface area contributed by atoms with Gasteiger partial charge in [-0.15, -0.1) is 0 Å². The molecule has 3 fully saturated rings. The van der Waals surface area contributed by atoms with Gasteiger partial charge in [0, 0.05) is 44.1 Å². The maximum Gasteiger partial charge on any atom is 0.225 e. The number of nitrogens with zero attached hydrogens (tertiary/aromatic N) is 4. The first-order chi connectivity index (χ1) is 9.79. The van der Waals surface area contributed by atoms with E-state index >= 15 is 0 Å². The quantitative estimate of drug-likeness (QED) is 0.825. The molecular formula is C16H24N4. The molecule has 2 heterocycles. The number of hydrogen-bond acceptors (Lipinski definition) is 4. The minimum Gasteiger partial charge on any atom is -0.338 e. The fourth-order valence-electron chi connectivity index (χ4n) is 4.50. The van der Waals surface area contributed by atoms with Crippen LogP contribution in [0.25, 0.3) is 0 Å². The lowest BCUT2D eigenvalue weighted by molar-refractivity contribution is 0.134. The summed E-state index contributed by atoms with van der Waals surface area (Å²) in [5.41, 5.74) is 1.06. The van der Waals surface area contributed by atoms with Crippen molar-refractivity contribution in [3.05, 3.63) is 18.0 Å². The van der Waals surface area contributed by atoms with Crippen LogP contribution in [-0.4, -0.2) is 47.1 Å². The molecule has 0 N–H and O–H groups in total. The van der Waals surface area contributed by atoms with Gasteiger partial charge < -0.3 is 4.90 Å². The van der Waals surface area contributed by atoms with Crippen LogP contribution in [0.15, 0.2) is 12.3 Å². The highest BCUT2D eigenvalue weighted by Gasteiger charge is 2.42. The Kier molecular flexibility index (Phi) is 3.14. The van der Waals surface area contributed by atoms with E-state index in [4.69, 9.17) is 0 Å². The first-order valence-corrected chi connectivity index (χ1v) is 8.08. The second kappa shape index (κ2) is 4.99. The van der Waals surface area contributed by atoms with E-state index in [1.54, 1.807) is 0 Å². The SMILES string of the molecule is Cc1ccnc(N2CCN(C3CC4CCC3C4)CC2)n1. The molecule has 3 unspecified atom stereocenters. The first kappa shape index (κ1) is 12.6. The third kappa shape index (κ3) is 2.20. The molecule has 4 heteroatoms. The van der Waals surface area contributed by atoms with Crippen LogP contribution in [0.4, 0.5) is 5.95 Å². The van der Waals surface area contributed by atoms with Gasteiger partial charge in [0.05, 0.1) is 0 Å². The Labute approximate surface area is 121 Å². The van der Waals surface area contributed by atoms with Gasteiger partial charge in [0.2, 0.25) is 5.95 Å². The number of anilines is 1. The summed E-state index contributed by atoms with van der Waals surface area (Å²) in [6, 6.07) is 2.85. The average molecular weight is 272 g/mol. The Balaban J connectivity index is 1.38. The molecule has 3 atom stereocenters. The smallest absolute Gasteiger partial charge is 0.225 e. The van der Waals surface area contributed by atoms with Crippen LogP contribution in [0.1, 0.15) is 31.4 Å². The van der Waals surface area contributed by atoms with Crippen molar-refractivity contribution in [3.8, 4) is 0 Å². The van der Waals surface area contributed by atoms with Crippen molar-refractivity contribution in [1.82, 2.24) is 14.9 Å². The maximum atomic E-state index is 4.55. The lowest BCUT2D eigenvalue weighted by Gasteiger charge is -2.41. The van der Waals surface area contributed by atoms with Crippen molar-refractivity contribution in [1.29, 1.82) is 0 Å². The van der Waals surface area contributed by atoms with Crippen LogP contribution in [0.3, 0.4) is 0 Å². The summed E-state index contributed by atoms with van der Waals surface area (Å²) in [5, 5.41) is 0. The molecule has 1 saturated heterocycles. The van der Waals surface area contributed by atoms with Crippen molar-refractivity contribution in [2.75, 3.05) is 31.1 Å². The van der Waals surface area contributed by atoms with E-state index in [1.807, 2.05) is 19.2 Å². The van der Waals surface area contributed by atoms with Gasteiger partial charge in [-0.1, -0.05) is 6.42 Å². The molecular weight excluding hydrogens is 248 g/mol. The summed E-state index contributed by atoms with van der Waals surface area (Å²) in [7, 11) is 0. The molecule has 1 aromatic heterocycles. The highest BCUT2D eigenvalue weighted by Crippen LogP contribution is 2.46. The number of rotatable bonds is 2. The molecule has 0 aromatic carbocycles. The van der Waals surface area contributed by atoms with Crippen molar-refractivity contribution in [2.24, 2.45) is 11.8 Å². The molecule has 0 radical (unpaired) electrons. The topological polar surface area (TPSA) is 32.3 Å². The molecule has 1 aromatic rings. The van der Waals surface area contributed by atoms with E-state index in [-0.39, 0.29) is 0 Å². The molecule has 1 aliphatic heterocycles. The number of aromatic nitrogens is 2. The van der Waals surface area contributed by atoms with Crippen LogP contribution in [0, 0.1) is 18.8 Å².